The van der Waals surface area contributed by atoms with Gasteiger partial charge in [-0.2, -0.15) is 0 Å². The average Bonchev–Trinajstić information content (AvgIpc) is 1.87. The first-order valence-electron chi connectivity index (χ1n) is 3.64. The molecule has 0 amide bonds. The van der Waals surface area contributed by atoms with E-state index in [1.165, 1.54) is 5.57 Å². The summed E-state index contributed by atoms with van der Waals surface area (Å²) >= 11 is 0. The van der Waals surface area contributed by atoms with Crippen molar-refractivity contribution in [3.63, 3.8) is 0 Å². The molecule has 0 heterocycles. The van der Waals surface area contributed by atoms with Crippen LogP contribution in [0.4, 0.5) is 0 Å². The van der Waals surface area contributed by atoms with Crippen LogP contribution in [0, 0.1) is 5.92 Å². The van der Waals surface area contributed by atoms with Crippen molar-refractivity contribution in [2.24, 2.45) is 11.7 Å². The minimum atomic E-state index is 0.413. The van der Waals surface area contributed by atoms with Crippen LogP contribution in [0.2, 0.25) is 0 Å². The SMILES string of the molecule is C=C(N)C(C)C/C(C)=C/C. The lowest BCUT2D eigenvalue weighted by atomic mass is 10.00. The summed E-state index contributed by atoms with van der Waals surface area (Å²) in [5, 5.41) is 0. The van der Waals surface area contributed by atoms with Gasteiger partial charge < -0.3 is 5.73 Å². The molecule has 1 nitrogen and oxygen atoms in total. The van der Waals surface area contributed by atoms with Gasteiger partial charge in [0, 0.05) is 5.70 Å². The molecular formula is C9H17N. The quantitative estimate of drug-likeness (QED) is 0.597. The normalized spacial score (nSPS) is 14.9. The molecule has 0 aromatic carbocycles. The predicted molar refractivity (Wildman–Crippen MR) is 46.5 cm³/mol. The van der Waals surface area contributed by atoms with Gasteiger partial charge in [0.25, 0.3) is 0 Å². The summed E-state index contributed by atoms with van der Waals surface area (Å²) in [7, 11) is 0. The number of hydrogen-bond acceptors (Lipinski definition) is 1. The van der Waals surface area contributed by atoms with Gasteiger partial charge in [-0.15, -0.1) is 0 Å². The fourth-order valence-electron chi connectivity index (χ4n) is 0.732. The van der Waals surface area contributed by atoms with Gasteiger partial charge in [-0.3, -0.25) is 0 Å². The summed E-state index contributed by atoms with van der Waals surface area (Å²) < 4.78 is 0. The monoisotopic (exact) mass is 139 g/mol. The molecule has 0 aromatic heterocycles. The van der Waals surface area contributed by atoms with Gasteiger partial charge in [-0.05, 0) is 26.2 Å². The molecule has 0 aromatic rings. The molecule has 0 aliphatic heterocycles. The van der Waals surface area contributed by atoms with Crippen LogP contribution < -0.4 is 5.73 Å². The molecule has 1 atom stereocenters. The minimum Gasteiger partial charge on any atom is -0.402 e. The van der Waals surface area contributed by atoms with E-state index in [4.69, 9.17) is 5.73 Å². The largest absolute Gasteiger partial charge is 0.402 e. The molecular weight excluding hydrogens is 122 g/mol. The molecule has 2 N–H and O–H groups in total. The van der Waals surface area contributed by atoms with Crippen LogP contribution in [0.5, 0.6) is 0 Å². The predicted octanol–water partition coefficient (Wildman–Crippen LogP) is 2.45. The zero-order valence-electron chi connectivity index (χ0n) is 7.15. The van der Waals surface area contributed by atoms with E-state index in [9.17, 15) is 0 Å². The Kier molecular flexibility index (Phi) is 3.85. The molecule has 0 saturated heterocycles. The van der Waals surface area contributed by atoms with E-state index >= 15 is 0 Å². The Balaban J connectivity index is 3.80. The maximum absolute atomic E-state index is 5.52. The van der Waals surface area contributed by atoms with Crippen molar-refractivity contribution in [1.82, 2.24) is 0 Å². The Hall–Kier alpha value is -0.720. The van der Waals surface area contributed by atoms with Crippen molar-refractivity contribution >= 4 is 0 Å². The lowest BCUT2D eigenvalue weighted by Gasteiger charge is -2.09. The second kappa shape index (κ2) is 4.15. The zero-order chi connectivity index (χ0) is 8.15. The Morgan fingerprint density at radius 2 is 2.20 bits per heavy atom. The first-order chi connectivity index (χ1) is 4.57. The molecule has 0 radical (unpaired) electrons. The highest BCUT2D eigenvalue weighted by atomic mass is 14.6. The second-order valence-corrected chi connectivity index (χ2v) is 2.82. The molecule has 58 valence electrons. The van der Waals surface area contributed by atoms with E-state index in [1.54, 1.807) is 0 Å². The number of allylic oxidation sites excluding steroid dienone is 3. The summed E-state index contributed by atoms with van der Waals surface area (Å²) in [5.41, 5.74) is 7.67. The molecule has 10 heavy (non-hydrogen) atoms. The van der Waals surface area contributed by atoms with E-state index < -0.39 is 0 Å². The Morgan fingerprint density at radius 1 is 1.70 bits per heavy atom. The third-order valence-electron chi connectivity index (χ3n) is 1.75. The van der Waals surface area contributed by atoms with Gasteiger partial charge in [0.05, 0.1) is 0 Å². The molecule has 1 heteroatoms. The molecule has 1 unspecified atom stereocenters. The smallest absolute Gasteiger partial charge is 0.00394 e. The van der Waals surface area contributed by atoms with Crippen molar-refractivity contribution < 1.29 is 0 Å². The minimum absolute atomic E-state index is 0.413. The van der Waals surface area contributed by atoms with Gasteiger partial charge in [0.2, 0.25) is 0 Å². The van der Waals surface area contributed by atoms with E-state index in [2.05, 4.69) is 26.5 Å². The summed E-state index contributed by atoms with van der Waals surface area (Å²) in [6.45, 7) is 9.94. The van der Waals surface area contributed by atoms with Crippen LogP contribution in [0.1, 0.15) is 27.2 Å². The van der Waals surface area contributed by atoms with Crippen LogP contribution in [-0.4, -0.2) is 0 Å². The fraction of sp³-hybridized carbons (Fsp3) is 0.556. The van der Waals surface area contributed by atoms with E-state index in [1.807, 2.05) is 6.92 Å². The lowest BCUT2D eigenvalue weighted by Crippen LogP contribution is -2.06. The standard InChI is InChI=1S/C9H17N/c1-5-7(2)6-8(3)9(4)10/h5,8H,4,6,10H2,1-3H3/b7-5+. The van der Waals surface area contributed by atoms with Crippen molar-refractivity contribution in [3.8, 4) is 0 Å². The highest BCUT2D eigenvalue weighted by Gasteiger charge is 2.02. The van der Waals surface area contributed by atoms with Crippen LogP contribution in [0.3, 0.4) is 0 Å². The highest BCUT2D eigenvalue weighted by molar-refractivity contribution is 5.03. The summed E-state index contributed by atoms with van der Waals surface area (Å²) in [4.78, 5) is 0. The van der Waals surface area contributed by atoms with Gasteiger partial charge in [-0.1, -0.05) is 25.2 Å². The summed E-state index contributed by atoms with van der Waals surface area (Å²) in [6.07, 6.45) is 3.14. The maximum atomic E-state index is 5.52. The van der Waals surface area contributed by atoms with Crippen LogP contribution in [0.25, 0.3) is 0 Å². The van der Waals surface area contributed by atoms with Gasteiger partial charge >= 0.3 is 0 Å². The summed E-state index contributed by atoms with van der Waals surface area (Å²) in [5.74, 6) is 0.413. The van der Waals surface area contributed by atoms with Gasteiger partial charge in [0.1, 0.15) is 0 Å². The summed E-state index contributed by atoms with van der Waals surface area (Å²) in [6, 6.07) is 0. The Bertz CT molecular complexity index is 145. The molecule has 0 spiro atoms. The van der Waals surface area contributed by atoms with Crippen LogP contribution >= 0.6 is 0 Å². The highest BCUT2D eigenvalue weighted by Crippen LogP contribution is 2.13. The van der Waals surface area contributed by atoms with E-state index in [0.717, 1.165) is 12.1 Å². The van der Waals surface area contributed by atoms with Crippen LogP contribution in [0.15, 0.2) is 23.9 Å². The first-order valence-corrected chi connectivity index (χ1v) is 3.64. The van der Waals surface area contributed by atoms with Gasteiger partial charge in [-0.25, -0.2) is 0 Å². The van der Waals surface area contributed by atoms with Crippen molar-refractivity contribution in [2.75, 3.05) is 0 Å². The second-order valence-electron chi connectivity index (χ2n) is 2.82. The van der Waals surface area contributed by atoms with Crippen molar-refractivity contribution in [3.05, 3.63) is 23.9 Å². The lowest BCUT2D eigenvalue weighted by molar-refractivity contribution is 0.666. The number of nitrogens with two attached hydrogens (primary N) is 1. The fourth-order valence-corrected chi connectivity index (χ4v) is 0.732. The molecule has 0 fully saturated rings. The topological polar surface area (TPSA) is 26.0 Å². The van der Waals surface area contributed by atoms with E-state index in [-0.39, 0.29) is 0 Å². The molecule has 0 aliphatic rings. The third kappa shape index (κ3) is 3.33. The Labute approximate surface area is 63.6 Å². The van der Waals surface area contributed by atoms with E-state index in [0.29, 0.717) is 5.92 Å². The number of rotatable bonds is 3. The van der Waals surface area contributed by atoms with Crippen molar-refractivity contribution in [2.45, 2.75) is 27.2 Å². The third-order valence-corrected chi connectivity index (χ3v) is 1.75. The molecule has 0 rings (SSSR count). The molecule has 0 saturated carbocycles. The first kappa shape index (κ1) is 9.28. The maximum Gasteiger partial charge on any atom is 0.00394 e. The van der Waals surface area contributed by atoms with Crippen LogP contribution in [-0.2, 0) is 0 Å². The number of hydrogen-bond donors (Lipinski definition) is 1. The Morgan fingerprint density at radius 3 is 2.50 bits per heavy atom. The zero-order valence-corrected chi connectivity index (χ0v) is 7.15. The average molecular weight is 139 g/mol. The molecule has 0 aliphatic carbocycles. The van der Waals surface area contributed by atoms with Crippen molar-refractivity contribution in [1.29, 1.82) is 0 Å². The van der Waals surface area contributed by atoms with Gasteiger partial charge in [0.15, 0.2) is 0 Å². The molecule has 0 bridgehead atoms.